The number of nitrogens with zero attached hydrogens (tertiary/aromatic N) is 5. The van der Waals surface area contributed by atoms with Crippen molar-refractivity contribution >= 4 is 35.2 Å². The average molecular weight is 487 g/mol. The van der Waals surface area contributed by atoms with Gasteiger partial charge in [0.2, 0.25) is 11.0 Å². The number of carbonyl (C=O) groups is 2. The molecule has 3 heterocycles. The van der Waals surface area contributed by atoms with E-state index in [0.717, 1.165) is 5.69 Å². The van der Waals surface area contributed by atoms with E-state index in [4.69, 9.17) is 14.2 Å². The van der Waals surface area contributed by atoms with Crippen LogP contribution in [0, 0.1) is 6.92 Å². The molecule has 0 bridgehead atoms. The number of hydrogen-bond donors (Lipinski definition) is 1. The van der Waals surface area contributed by atoms with Crippen molar-refractivity contribution in [3.63, 3.8) is 0 Å². The first-order valence-corrected chi connectivity index (χ1v) is 12.0. The molecule has 0 radical (unpaired) electrons. The Hall–Kier alpha value is -3.38. The maximum atomic E-state index is 12.9. The predicted molar refractivity (Wildman–Crippen MR) is 125 cm³/mol. The Morgan fingerprint density at radius 3 is 2.85 bits per heavy atom. The van der Waals surface area contributed by atoms with Gasteiger partial charge in [0.25, 0.3) is 11.7 Å². The Morgan fingerprint density at radius 1 is 1.29 bits per heavy atom. The zero-order chi connectivity index (χ0) is 24.1. The monoisotopic (exact) mass is 486 g/mol. The number of carbonyl (C=O) groups excluding carboxylic acids is 2. The second-order valence-corrected chi connectivity index (χ2v) is 8.45. The number of aromatic nitrogens is 4. The molecule has 0 spiro atoms. The Bertz CT molecular complexity index is 1160. The fourth-order valence-electron chi connectivity index (χ4n) is 3.46. The number of fused-ring (bicyclic) bond motifs is 1. The number of benzene rings is 1. The lowest BCUT2D eigenvalue weighted by Gasteiger charge is -2.34. The highest BCUT2D eigenvalue weighted by molar-refractivity contribution is 7.98. The van der Waals surface area contributed by atoms with E-state index in [1.165, 1.54) is 11.8 Å². The predicted octanol–water partition coefficient (Wildman–Crippen LogP) is 2.40. The molecule has 11 nitrogen and oxygen atoms in total. The van der Waals surface area contributed by atoms with Crippen LogP contribution in [0.2, 0.25) is 0 Å². The number of amides is 2. The van der Waals surface area contributed by atoms with Crippen molar-refractivity contribution in [1.82, 2.24) is 24.5 Å². The van der Waals surface area contributed by atoms with Gasteiger partial charge in [-0.25, -0.2) is 9.78 Å². The van der Waals surface area contributed by atoms with E-state index in [1.807, 2.05) is 19.2 Å². The van der Waals surface area contributed by atoms with Gasteiger partial charge in [-0.3, -0.25) is 10.1 Å². The number of para-hydroxylation sites is 1. The third-order valence-corrected chi connectivity index (χ3v) is 5.63. The van der Waals surface area contributed by atoms with Crippen molar-refractivity contribution in [3.05, 3.63) is 42.1 Å². The second-order valence-electron chi connectivity index (χ2n) is 7.67. The Labute approximate surface area is 200 Å². The Morgan fingerprint density at radius 2 is 2.09 bits per heavy atom. The topological polar surface area (TPSA) is 120 Å². The van der Waals surface area contributed by atoms with Crippen molar-refractivity contribution in [1.29, 1.82) is 0 Å². The molecular formula is C22H26N6O5S. The Kier molecular flexibility index (Phi) is 7.48. The van der Waals surface area contributed by atoms with Crippen LogP contribution in [-0.2, 0) is 14.3 Å². The van der Waals surface area contributed by atoms with E-state index in [0.29, 0.717) is 42.2 Å². The van der Waals surface area contributed by atoms with E-state index in [2.05, 4.69) is 20.4 Å². The van der Waals surface area contributed by atoms with Gasteiger partial charge in [-0.15, -0.1) is 5.10 Å². The zero-order valence-electron chi connectivity index (χ0n) is 19.1. The first-order chi connectivity index (χ1) is 16.4. The summed E-state index contributed by atoms with van der Waals surface area (Å²) >= 11 is 1.42. The van der Waals surface area contributed by atoms with Crippen LogP contribution in [0.3, 0.4) is 0 Å². The molecule has 12 heteroatoms. The van der Waals surface area contributed by atoms with Gasteiger partial charge in [-0.05, 0) is 32.2 Å². The van der Waals surface area contributed by atoms with Gasteiger partial charge in [0, 0.05) is 24.0 Å². The van der Waals surface area contributed by atoms with E-state index in [9.17, 15) is 9.59 Å². The molecule has 3 aromatic rings. The van der Waals surface area contributed by atoms with Gasteiger partial charge in [0.1, 0.15) is 12.7 Å². The molecule has 1 aliphatic heterocycles. The maximum Gasteiger partial charge on any atom is 0.412 e. The average Bonchev–Trinajstić information content (AvgIpc) is 3.26. The van der Waals surface area contributed by atoms with Gasteiger partial charge >= 0.3 is 6.09 Å². The van der Waals surface area contributed by atoms with Crippen LogP contribution in [0.15, 0.2) is 41.6 Å². The SMILES string of the molecule is CSc1nc2nc(C)cc(OCC3CN(C(=O)C(C)OC(=O)Nc4ccccc4)CCO3)n2n1. The first-order valence-electron chi connectivity index (χ1n) is 10.8. The largest absolute Gasteiger partial charge is 0.475 e. The fourth-order valence-corrected chi connectivity index (χ4v) is 3.80. The van der Waals surface area contributed by atoms with Gasteiger partial charge in [-0.2, -0.15) is 9.50 Å². The summed E-state index contributed by atoms with van der Waals surface area (Å²) in [5, 5.41) is 7.58. The Balaban J connectivity index is 1.32. The van der Waals surface area contributed by atoms with Gasteiger partial charge in [-0.1, -0.05) is 30.0 Å². The molecule has 1 saturated heterocycles. The summed E-state index contributed by atoms with van der Waals surface area (Å²) < 4.78 is 18.6. The highest BCUT2D eigenvalue weighted by Crippen LogP contribution is 2.18. The van der Waals surface area contributed by atoms with Crippen LogP contribution < -0.4 is 10.1 Å². The van der Waals surface area contributed by atoms with E-state index >= 15 is 0 Å². The third-order valence-electron chi connectivity index (χ3n) is 5.09. The molecule has 0 aliphatic carbocycles. The van der Waals surface area contributed by atoms with Crippen LogP contribution in [0.1, 0.15) is 12.6 Å². The van der Waals surface area contributed by atoms with Crippen molar-refractivity contribution in [2.45, 2.75) is 31.2 Å². The van der Waals surface area contributed by atoms with Crippen molar-refractivity contribution in [3.8, 4) is 5.88 Å². The van der Waals surface area contributed by atoms with E-state index in [1.54, 1.807) is 46.7 Å². The van der Waals surface area contributed by atoms with Crippen LogP contribution in [0.4, 0.5) is 10.5 Å². The summed E-state index contributed by atoms with van der Waals surface area (Å²) in [4.78, 5) is 35.3. The molecule has 2 unspecified atom stereocenters. The first kappa shape index (κ1) is 23.8. The molecule has 1 N–H and O–H groups in total. The number of thioether (sulfide) groups is 1. The number of aryl methyl sites for hydroxylation is 1. The smallest absolute Gasteiger partial charge is 0.412 e. The molecule has 1 aliphatic rings. The molecular weight excluding hydrogens is 460 g/mol. The summed E-state index contributed by atoms with van der Waals surface area (Å²) in [6.45, 7) is 4.69. The van der Waals surface area contributed by atoms with Crippen LogP contribution in [0.5, 0.6) is 5.88 Å². The fraction of sp³-hybridized carbons (Fsp3) is 0.409. The lowest BCUT2D eigenvalue weighted by atomic mass is 10.2. The lowest BCUT2D eigenvalue weighted by Crippen LogP contribution is -2.51. The minimum Gasteiger partial charge on any atom is -0.475 e. The molecule has 0 saturated carbocycles. The standard InChI is InChI=1S/C22H26N6O5S/c1-14-11-18(28-20(23-14)25-21(26-28)34-3)32-13-17-12-27(9-10-31-17)19(29)15(2)33-22(30)24-16-7-5-4-6-8-16/h4-8,11,15,17H,9-10,12-13H2,1-3H3,(H,24,30). The molecule has 2 amide bonds. The van der Waals surface area contributed by atoms with Crippen molar-refractivity contribution in [2.24, 2.45) is 0 Å². The molecule has 34 heavy (non-hydrogen) atoms. The number of anilines is 1. The van der Waals surface area contributed by atoms with Crippen LogP contribution in [0.25, 0.3) is 5.78 Å². The summed E-state index contributed by atoms with van der Waals surface area (Å²) in [5.74, 6) is 0.664. The number of nitrogens with one attached hydrogen (secondary N) is 1. The molecule has 2 aromatic heterocycles. The number of rotatable bonds is 7. The summed E-state index contributed by atoms with van der Waals surface area (Å²) in [5.41, 5.74) is 1.34. The molecule has 4 rings (SSSR count). The summed E-state index contributed by atoms with van der Waals surface area (Å²) in [6, 6.07) is 10.7. The molecule has 2 atom stereocenters. The van der Waals surface area contributed by atoms with Crippen molar-refractivity contribution < 1.29 is 23.8 Å². The third kappa shape index (κ3) is 5.75. The quantitative estimate of drug-likeness (QED) is 0.502. The minimum atomic E-state index is -0.939. The van der Waals surface area contributed by atoms with Gasteiger partial charge in [0.15, 0.2) is 6.10 Å². The van der Waals surface area contributed by atoms with Gasteiger partial charge < -0.3 is 19.1 Å². The molecule has 180 valence electrons. The lowest BCUT2D eigenvalue weighted by molar-refractivity contribution is -0.147. The molecule has 1 aromatic carbocycles. The second kappa shape index (κ2) is 10.7. The van der Waals surface area contributed by atoms with E-state index < -0.39 is 12.2 Å². The molecule has 1 fully saturated rings. The van der Waals surface area contributed by atoms with Crippen LogP contribution >= 0.6 is 11.8 Å². The normalized spacial score (nSPS) is 16.8. The number of morpholine rings is 1. The summed E-state index contributed by atoms with van der Waals surface area (Å²) in [7, 11) is 0. The zero-order valence-corrected chi connectivity index (χ0v) is 19.9. The van der Waals surface area contributed by atoms with Gasteiger partial charge in [0.05, 0.1) is 13.2 Å². The highest BCUT2D eigenvalue weighted by atomic mass is 32.2. The maximum absolute atomic E-state index is 12.9. The summed E-state index contributed by atoms with van der Waals surface area (Å²) in [6.07, 6.45) is -0.0876. The number of hydrogen-bond acceptors (Lipinski definition) is 9. The van der Waals surface area contributed by atoms with Crippen LogP contribution in [-0.4, -0.2) is 81.2 Å². The van der Waals surface area contributed by atoms with Crippen molar-refractivity contribution in [2.75, 3.05) is 37.9 Å². The minimum absolute atomic E-state index is 0.209. The number of ether oxygens (including phenoxy) is 3. The van der Waals surface area contributed by atoms with E-state index in [-0.39, 0.29) is 18.6 Å². The highest BCUT2D eigenvalue weighted by Gasteiger charge is 2.30.